The Kier molecular flexibility index (Phi) is 9.01. The van der Waals surface area contributed by atoms with Crippen LogP contribution in [-0.4, -0.2) is 78.3 Å². The van der Waals surface area contributed by atoms with Crippen LogP contribution in [0.1, 0.15) is 41.3 Å². The summed E-state index contributed by atoms with van der Waals surface area (Å²) < 4.78 is 25.4. The van der Waals surface area contributed by atoms with E-state index in [4.69, 9.17) is 9.47 Å². The van der Waals surface area contributed by atoms with E-state index in [-0.39, 0.29) is 36.9 Å². The summed E-state index contributed by atoms with van der Waals surface area (Å²) in [6.45, 7) is 3.37. The number of nitrogens with zero attached hydrogens (tertiary/aromatic N) is 1. The highest BCUT2D eigenvalue weighted by Crippen LogP contribution is 2.51. The van der Waals surface area contributed by atoms with Crippen LogP contribution in [0.3, 0.4) is 0 Å². The van der Waals surface area contributed by atoms with Crippen LogP contribution in [-0.2, 0) is 16.0 Å². The van der Waals surface area contributed by atoms with Gasteiger partial charge >= 0.3 is 0 Å². The average molecular weight is 553 g/mol. The van der Waals surface area contributed by atoms with Gasteiger partial charge in [0, 0.05) is 35.9 Å². The van der Waals surface area contributed by atoms with E-state index in [1.54, 1.807) is 38.1 Å². The minimum atomic E-state index is -1.27. The zero-order chi connectivity index (χ0) is 29.0. The Morgan fingerprint density at radius 3 is 2.65 bits per heavy atom. The van der Waals surface area contributed by atoms with Crippen LogP contribution >= 0.6 is 0 Å². The van der Waals surface area contributed by atoms with Gasteiger partial charge in [-0.2, -0.15) is 0 Å². The smallest absolute Gasteiger partial charge is 0.247 e. The molecule has 0 spiro atoms. The molecule has 0 radical (unpaired) electrons. The second-order valence-corrected chi connectivity index (χ2v) is 10.0. The van der Waals surface area contributed by atoms with Gasteiger partial charge in [0.25, 0.3) is 0 Å². The van der Waals surface area contributed by atoms with E-state index in [0.29, 0.717) is 35.1 Å². The molecule has 0 fully saturated rings. The molecule has 9 nitrogen and oxygen atoms in total. The number of amides is 2. The average Bonchev–Trinajstić information content (AvgIpc) is 3.32. The number of carbonyl (C=O) groups is 3. The third-order valence-corrected chi connectivity index (χ3v) is 7.00. The molecular formula is C30H33FN2O7. The van der Waals surface area contributed by atoms with Crippen LogP contribution < -0.4 is 14.8 Å². The van der Waals surface area contributed by atoms with E-state index in [2.05, 4.69) is 5.32 Å². The van der Waals surface area contributed by atoms with Crippen LogP contribution in [0, 0.1) is 5.82 Å². The lowest BCUT2D eigenvalue weighted by atomic mass is 9.77. The molecule has 4 rings (SSSR count). The van der Waals surface area contributed by atoms with Crippen molar-refractivity contribution in [1.29, 1.82) is 0 Å². The van der Waals surface area contributed by atoms with Crippen LogP contribution in [0.5, 0.6) is 11.5 Å². The summed E-state index contributed by atoms with van der Waals surface area (Å²) in [7, 11) is 1.42. The topological polar surface area (TPSA) is 125 Å². The van der Waals surface area contributed by atoms with E-state index in [0.717, 1.165) is 5.57 Å². The number of methoxy groups -OCH3 is 1. The van der Waals surface area contributed by atoms with Gasteiger partial charge in [-0.3, -0.25) is 14.4 Å². The number of ether oxygens (including phenoxy) is 2. The summed E-state index contributed by atoms with van der Waals surface area (Å²) in [5, 5.41) is 23.6. The summed E-state index contributed by atoms with van der Waals surface area (Å²) in [5.74, 6) is -1.49. The zero-order valence-electron chi connectivity index (χ0n) is 22.6. The molecule has 4 atom stereocenters. The molecule has 2 aromatic rings. The first-order valence-electron chi connectivity index (χ1n) is 13.0. The maximum atomic E-state index is 13.8. The number of halogens is 1. The molecule has 2 aliphatic rings. The normalized spacial score (nSPS) is 20.8. The lowest BCUT2D eigenvalue weighted by Gasteiger charge is -2.40. The molecule has 212 valence electrons. The van der Waals surface area contributed by atoms with Gasteiger partial charge in [0.2, 0.25) is 11.8 Å². The minimum absolute atomic E-state index is 0.00776. The van der Waals surface area contributed by atoms with Crippen molar-refractivity contribution in [3.05, 3.63) is 82.2 Å². The van der Waals surface area contributed by atoms with Crippen molar-refractivity contribution in [2.45, 2.75) is 44.4 Å². The molecule has 0 bridgehead atoms. The Morgan fingerprint density at radius 1 is 1.23 bits per heavy atom. The van der Waals surface area contributed by atoms with Gasteiger partial charge in [0.1, 0.15) is 24.3 Å². The molecule has 2 amide bonds. The Labute approximate surface area is 231 Å². The standard InChI is InChI=1S/C30H33FN2O7/c1-17(2)11-25(36)33(9-7-18-5-4-6-20(31)12-18)23-15-22(30(38)32-8-10-34)26-21-13-19(16-35)14-24(39-3)28(21)40-29(26)27(23)37/h4-6,11-16,23,26-27,29,34,37H,7-10H2,1-3H3,(H,32,38). The Balaban J connectivity index is 1.79. The summed E-state index contributed by atoms with van der Waals surface area (Å²) >= 11 is 0. The first-order chi connectivity index (χ1) is 19.2. The van der Waals surface area contributed by atoms with Crippen molar-refractivity contribution < 1.29 is 38.5 Å². The largest absolute Gasteiger partial charge is 0.493 e. The summed E-state index contributed by atoms with van der Waals surface area (Å²) in [4.78, 5) is 39.9. The van der Waals surface area contributed by atoms with Gasteiger partial charge in [0.15, 0.2) is 11.5 Å². The molecule has 3 N–H and O–H groups in total. The fourth-order valence-electron chi connectivity index (χ4n) is 5.24. The number of nitrogens with one attached hydrogen (secondary N) is 1. The molecule has 1 heterocycles. The number of carbonyl (C=O) groups excluding carboxylic acids is 3. The van der Waals surface area contributed by atoms with Gasteiger partial charge in [-0.1, -0.05) is 17.7 Å². The Hall–Kier alpha value is -4.02. The van der Waals surface area contributed by atoms with Crippen LogP contribution in [0.2, 0.25) is 0 Å². The number of allylic oxidation sites excluding steroid dienone is 1. The number of hydrogen-bond donors (Lipinski definition) is 3. The number of aliphatic hydroxyl groups excluding tert-OH is 2. The number of aldehydes is 1. The monoisotopic (exact) mass is 552 g/mol. The quantitative estimate of drug-likeness (QED) is 0.305. The van der Waals surface area contributed by atoms with Gasteiger partial charge in [0.05, 0.1) is 25.7 Å². The third-order valence-electron chi connectivity index (χ3n) is 7.00. The second kappa shape index (κ2) is 12.4. The zero-order valence-corrected chi connectivity index (χ0v) is 22.6. The van der Waals surface area contributed by atoms with Gasteiger partial charge in [-0.25, -0.2) is 4.39 Å². The van der Waals surface area contributed by atoms with Crippen LogP contribution in [0.4, 0.5) is 4.39 Å². The number of hydrogen-bond acceptors (Lipinski definition) is 7. The second-order valence-electron chi connectivity index (χ2n) is 10.0. The number of benzene rings is 2. The first-order valence-corrected chi connectivity index (χ1v) is 13.0. The van der Waals surface area contributed by atoms with Gasteiger partial charge in [-0.15, -0.1) is 0 Å². The van der Waals surface area contributed by atoms with E-state index >= 15 is 0 Å². The molecule has 4 unspecified atom stereocenters. The summed E-state index contributed by atoms with van der Waals surface area (Å²) in [6, 6.07) is 8.17. The molecule has 0 saturated carbocycles. The van der Waals surface area contributed by atoms with Crippen molar-refractivity contribution >= 4 is 18.1 Å². The molecule has 1 aliphatic heterocycles. The predicted octanol–water partition coefficient (Wildman–Crippen LogP) is 2.31. The van der Waals surface area contributed by atoms with E-state index in [1.807, 2.05) is 0 Å². The Morgan fingerprint density at radius 2 is 2.00 bits per heavy atom. The summed E-state index contributed by atoms with van der Waals surface area (Å²) in [5.41, 5.74) is 2.43. The number of fused-ring (bicyclic) bond motifs is 3. The van der Waals surface area contributed by atoms with E-state index in [1.165, 1.54) is 36.3 Å². The first kappa shape index (κ1) is 29.0. The highest BCUT2D eigenvalue weighted by Gasteiger charge is 2.51. The fraction of sp³-hybridized carbons (Fsp3) is 0.367. The maximum absolute atomic E-state index is 13.8. The van der Waals surface area contributed by atoms with Crippen LogP contribution in [0.15, 0.2) is 59.7 Å². The number of rotatable bonds is 10. The SMILES string of the molecule is COc1cc(C=O)cc2c1OC1C2C(C(=O)NCCO)=CC(N(CCc2cccc(F)c2)C(=O)C=C(C)C)C1O. The Bertz CT molecular complexity index is 1350. The van der Waals surface area contributed by atoms with Gasteiger partial charge < -0.3 is 29.9 Å². The lowest BCUT2D eigenvalue weighted by molar-refractivity contribution is -0.132. The lowest BCUT2D eigenvalue weighted by Crippen LogP contribution is -2.56. The molecule has 1 aliphatic carbocycles. The van der Waals surface area contributed by atoms with Crippen molar-refractivity contribution in [2.24, 2.45) is 0 Å². The maximum Gasteiger partial charge on any atom is 0.247 e. The van der Waals surface area contributed by atoms with Crippen molar-refractivity contribution in [3.63, 3.8) is 0 Å². The van der Waals surface area contributed by atoms with Crippen molar-refractivity contribution in [2.75, 3.05) is 26.8 Å². The molecule has 0 saturated heterocycles. The highest BCUT2D eigenvalue weighted by atomic mass is 19.1. The molecular weight excluding hydrogens is 519 g/mol. The third kappa shape index (κ3) is 5.93. The highest BCUT2D eigenvalue weighted by molar-refractivity contribution is 5.97. The summed E-state index contributed by atoms with van der Waals surface area (Å²) in [6.07, 6.45) is 1.69. The van der Waals surface area contributed by atoms with Gasteiger partial charge in [-0.05, 0) is 56.2 Å². The fourth-order valence-corrected chi connectivity index (χ4v) is 5.24. The van der Waals surface area contributed by atoms with Crippen LogP contribution in [0.25, 0.3) is 0 Å². The molecule has 40 heavy (non-hydrogen) atoms. The number of aliphatic hydroxyl groups is 2. The predicted molar refractivity (Wildman–Crippen MR) is 145 cm³/mol. The van der Waals surface area contributed by atoms with Crippen molar-refractivity contribution in [1.82, 2.24) is 10.2 Å². The molecule has 2 aromatic carbocycles. The van der Waals surface area contributed by atoms with E-state index < -0.39 is 35.9 Å². The van der Waals surface area contributed by atoms with Crippen molar-refractivity contribution in [3.8, 4) is 11.5 Å². The molecule has 10 heteroatoms. The minimum Gasteiger partial charge on any atom is -0.493 e. The molecule has 0 aromatic heterocycles. The van der Waals surface area contributed by atoms with E-state index in [9.17, 15) is 29.0 Å².